The topological polar surface area (TPSA) is 81.4 Å². The summed E-state index contributed by atoms with van der Waals surface area (Å²) in [6.07, 6.45) is 3.91. The highest BCUT2D eigenvalue weighted by molar-refractivity contribution is 6.02. The third-order valence-electron chi connectivity index (χ3n) is 3.20. The number of carbonyl (C=O) groups is 2. The Hall–Kier alpha value is -1.10. The number of esters is 1. The second-order valence-corrected chi connectivity index (χ2v) is 4.21. The lowest BCUT2D eigenvalue weighted by Crippen LogP contribution is -2.58. The number of nitrogens with one attached hydrogen (secondary N) is 1. The molecule has 3 N–H and O–H groups in total. The Morgan fingerprint density at radius 3 is 2.44 bits per heavy atom. The van der Waals surface area contributed by atoms with E-state index in [1.807, 2.05) is 6.92 Å². The maximum Gasteiger partial charge on any atom is 0.332 e. The summed E-state index contributed by atoms with van der Waals surface area (Å²) >= 11 is 0. The molecule has 0 spiro atoms. The molecule has 0 radical (unpaired) electrons. The van der Waals surface area contributed by atoms with Crippen molar-refractivity contribution in [3.63, 3.8) is 0 Å². The second-order valence-electron chi connectivity index (χ2n) is 4.21. The molecule has 5 heteroatoms. The minimum absolute atomic E-state index is 0.138. The molecular formula is C11H20N2O3. The molecule has 0 aromatic carbocycles. The van der Waals surface area contributed by atoms with E-state index in [0.717, 1.165) is 25.7 Å². The van der Waals surface area contributed by atoms with Crippen LogP contribution in [0.25, 0.3) is 0 Å². The Bertz CT molecular complexity index is 269. The lowest BCUT2D eigenvalue weighted by Gasteiger charge is -2.42. The standard InChI is InChI=1S/C11H20N2O3/c1-3-11(6-5-7-11)13-9(14)8(12)10(15)16-4-2/h8H,3-7,12H2,1-2H3,(H,13,14). The smallest absolute Gasteiger partial charge is 0.332 e. The summed E-state index contributed by atoms with van der Waals surface area (Å²) in [6.45, 7) is 3.94. The zero-order valence-electron chi connectivity index (χ0n) is 9.91. The van der Waals surface area contributed by atoms with Gasteiger partial charge in [0.15, 0.2) is 6.04 Å². The van der Waals surface area contributed by atoms with Crippen molar-refractivity contribution < 1.29 is 14.3 Å². The fraction of sp³-hybridized carbons (Fsp3) is 0.818. The van der Waals surface area contributed by atoms with Crippen LogP contribution in [0, 0.1) is 0 Å². The first-order chi connectivity index (χ1) is 7.54. The van der Waals surface area contributed by atoms with E-state index < -0.39 is 17.9 Å². The molecule has 5 nitrogen and oxygen atoms in total. The number of ether oxygens (including phenoxy) is 1. The minimum atomic E-state index is -1.20. The van der Waals surface area contributed by atoms with E-state index in [9.17, 15) is 9.59 Å². The van der Waals surface area contributed by atoms with E-state index in [1.165, 1.54) is 0 Å². The first-order valence-electron chi connectivity index (χ1n) is 5.79. The maximum absolute atomic E-state index is 11.7. The molecule has 1 saturated carbocycles. The van der Waals surface area contributed by atoms with Crippen molar-refractivity contribution in [3.8, 4) is 0 Å². The van der Waals surface area contributed by atoms with Crippen molar-refractivity contribution in [1.29, 1.82) is 0 Å². The van der Waals surface area contributed by atoms with Crippen LogP contribution in [0.2, 0.25) is 0 Å². The van der Waals surface area contributed by atoms with Crippen LogP contribution in [0.4, 0.5) is 0 Å². The Labute approximate surface area is 95.7 Å². The van der Waals surface area contributed by atoms with E-state index in [-0.39, 0.29) is 12.1 Å². The molecule has 0 aromatic rings. The lowest BCUT2D eigenvalue weighted by atomic mass is 9.74. The number of hydrogen-bond acceptors (Lipinski definition) is 4. The predicted octanol–water partition coefficient (Wildman–Crippen LogP) is 0.326. The molecule has 1 unspecified atom stereocenters. The first-order valence-corrected chi connectivity index (χ1v) is 5.79. The van der Waals surface area contributed by atoms with Gasteiger partial charge in [-0.15, -0.1) is 0 Å². The molecule has 16 heavy (non-hydrogen) atoms. The van der Waals surface area contributed by atoms with Crippen LogP contribution >= 0.6 is 0 Å². The predicted molar refractivity (Wildman–Crippen MR) is 59.6 cm³/mol. The van der Waals surface area contributed by atoms with Crippen molar-refractivity contribution in [2.75, 3.05) is 6.61 Å². The van der Waals surface area contributed by atoms with Gasteiger partial charge in [-0.3, -0.25) is 4.79 Å². The number of rotatable bonds is 5. The zero-order chi connectivity index (χ0) is 12.2. The fourth-order valence-corrected chi connectivity index (χ4v) is 1.85. The highest BCUT2D eigenvalue weighted by atomic mass is 16.5. The van der Waals surface area contributed by atoms with Gasteiger partial charge in [-0.25, -0.2) is 4.79 Å². The van der Waals surface area contributed by atoms with Crippen LogP contribution in [0.1, 0.15) is 39.5 Å². The molecular weight excluding hydrogens is 208 g/mol. The monoisotopic (exact) mass is 228 g/mol. The fourth-order valence-electron chi connectivity index (χ4n) is 1.85. The van der Waals surface area contributed by atoms with E-state index in [1.54, 1.807) is 6.92 Å². The maximum atomic E-state index is 11.7. The zero-order valence-corrected chi connectivity index (χ0v) is 9.91. The molecule has 1 amide bonds. The molecule has 0 heterocycles. The molecule has 1 aliphatic rings. The van der Waals surface area contributed by atoms with Crippen LogP contribution in [0.5, 0.6) is 0 Å². The quantitative estimate of drug-likeness (QED) is 0.524. The molecule has 1 rings (SSSR count). The van der Waals surface area contributed by atoms with Crippen LogP contribution < -0.4 is 11.1 Å². The number of amides is 1. The first kappa shape index (κ1) is 13.0. The average Bonchev–Trinajstić information content (AvgIpc) is 2.22. The number of hydrogen-bond donors (Lipinski definition) is 2. The molecule has 1 fully saturated rings. The van der Waals surface area contributed by atoms with Gasteiger partial charge in [0, 0.05) is 5.54 Å². The summed E-state index contributed by atoms with van der Waals surface area (Å²) in [4.78, 5) is 22.9. The van der Waals surface area contributed by atoms with Crippen molar-refractivity contribution >= 4 is 11.9 Å². The normalized spacial score (nSPS) is 19.4. The molecule has 0 saturated heterocycles. The summed E-state index contributed by atoms with van der Waals surface area (Å²) in [5, 5.41) is 2.85. The van der Waals surface area contributed by atoms with Crippen molar-refractivity contribution in [3.05, 3.63) is 0 Å². The average molecular weight is 228 g/mol. The van der Waals surface area contributed by atoms with Crippen LogP contribution in [-0.2, 0) is 14.3 Å². The SMILES string of the molecule is CCOC(=O)C(N)C(=O)NC1(CC)CCC1. The summed E-state index contributed by atoms with van der Waals surface area (Å²) in [5.74, 6) is -1.09. The van der Waals surface area contributed by atoms with Gasteiger partial charge in [0.25, 0.3) is 0 Å². The van der Waals surface area contributed by atoms with E-state index in [4.69, 9.17) is 10.5 Å². The van der Waals surface area contributed by atoms with E-state index in [2.05, 4.69) is 5.32 Å². The Morgan fingerprint density at radius 1 is 1.44 bits per heavy atom. The Kier molecular flexibility index (Phi) is 4.29. The molecule has 1 aliphatic carbocycles. The highest BCUT2D eigenvalue weighted by Gasteiger charge is 2.38. The molecule has 1 atom stereocenters. The molecule has 0 aromatic heterocycles. The van der Waals surface area contributed by atoms with Gasteiger partial charge in [0.2, 0.25) is 5.91 Å². The summed E-state index contributed by atoms with van der Waals surface area (Å²) < 4.78 is 4.70. The largest absolute Gasteiger partial charge is 0.464 e. The van der Waals surface area contributed by atoms with Gasteiger partial charge < -0.3 is 15.8 Å². The number of carbonyl (C=O) groups excluding carboxylic acids is 2. The van der Waals surface area contributed by atoms with Crippen molar-refractivity contribution in [1.82, 2.24) is 5.32 Å². The van der Waals surface area contributed by atoms with E-state index in [0.29, 0.717) is 0 Å². The van der Waals surface area contributed by atoms with Crippen LogP contribution in [-0.4, -0.2) is 30.1 Å². The van der Waals surface area contributed by atoms with Crippen LogP contribution in [0.3, 0.4) is 0 Å². The van der Waals surface area contributed by atoms with Crippen molar-refractivity contribution in [2.24, 2.45) is 5.73 Å². The van der Waals surface area contributed by atoms with Gasteiger partial charge >= 0.3 is 5.97 Å². The van der Waals surface area contributed by atoms with Gasteiger partial charge in [0.05, 0.1) is 6.61 Å². The lowest BCUT2D eigenvalue weighted by molar-refractivity contribution is -0.148. The van der Waals surface area contributed by atoms with Gasteiger partial charge in [-0.05, 0) is 32.6 Å². The van der Waals surface area contributed by atoms with E-state index >= 15 is 0 Å². The summed E-state index contributed by atoms with van der Waals surface area (Å²) in [5.41, 5.74) is 5.36. The highest BCUT2D eigenvalue weighted by Crippen LogP contribution is 2.34. The third kappa shape index (κ3) is 2.72. The van der Waals surface area contributed by atoms with Crippen molar-refractivity contribution in [2.45, 2.75) is 51.1 Å². The summed E-state index contributed by atoms with van der Waals surface area (Å²) in [6, 6.07) is -1.20. The molecule has 92 valence electrons. The molecule has 0 bridgehead atoms. The van der Waals surface area contributed by atoms with Gasteiger partial charge in [-0.2, -0.15) is 0 Å². The molecule has 0 aliphatic heterocycles. The van der Waals surface area contributed by atoms with Crippen LogP contribution in [0.15, 0.2) is 0 Å². The minimum Gasteiger partial charge on any atom is -0.464 e. The summed E-state index contributed by atoms with van der Waals surface area (Å²) in [7, 11) is 0. The second kappa shape index (κ2) is 5.30. The third-order valence-corrected chi connectivity index (χ3v) is 3.20. The Morgan fingerprint density at radius 2 is 2.06 bits per heavy atom. The number of nitrogens with two attached hydrogens (primary N) is 1. The Balaban J connectivity index is 2.48. The van der Waals surface area contributed by atoms with Gasteiger partial charge in [0.1, 0.15) is 0 Å². The van der Waals surface area contributed by atoms with Gasteiger partial charge in [-0.1, -0.05) is 6.92 Å².